The van der Waals surface area contributed by atoms with Crippen molar-refractivity contribution in [2.45, 2.75) is 25.6 Å². The van der Waals surface area contributed by atoms with Crippen LogP contribution in [0.4, 0.5) is 0 Å². The summed E-state index contributed by atoms with van der Waals surface area (Å²) in [4.78, 5) is 4.56. The van der Waals surface area contributed by atoms with E-state index in [0.717, 1.165) is 11.1 Å². The molecule has 2 rings (SSSR count). The normalized spacial score (nSPS) is 11.8. The number of ether oxygens (including phenoxy) is 2. The molecule has 0 fully saturated rings. The lowest BCUT2D eigenvalue weighted by Crippen LogP contribution is -2.38. The monoisotopic (exact) mass is 433 g/mol. The van der Waals surface area contributed by atoms with Crippen molar-refractivity contribution < 1.29 is 17.9 Å². The minimum absolute atomic E-state index is 0.0707. The summed E-state index contributed by atoms with van der Waals surface area (Å²) in [7, 11) is 0.0592. The van der Waals surface area contributed by atoms with Gasteiger partial charge in [0, 0.05) is 13.1 Å². The molecule has 2 N–H and O–H groups in total. The number of hydrogen-bond donors (Lipinski definition) is 2. The molecule has 2 aromatic rings. The molecule has 0 atom stereocenters. The zero-order valence-electron chi connectivity index (χ0n) is 17.8. The first-order chi connectivity index (χ1) is 14.5. The smallest absolute Gasteiger partial charge is 0.191 e. The summed E-state index contributed by atoms with van der Waals surface area (Å²) in [5, 5.41) is 6.37. The molecule has 0 radical (unpaired) electrons. The van der Waals surface area contributed by atoms with E-state index in [1.54, 1.807) is 14.2 Å². The van der Waals surface area contributed by atoms with Gasteiger partial charge in [0.05, 0.1) is 32.3 Å². The summed E-state index contributed by atoms with van der Waals surface area (Å²) < 4.78 is 35.2. The highest BCUT2D eigenvalue weighted by atomic mass is 32.2. The van der Waals surface area contributed by atoms with Crippen molar-refractivity contribution in [1.82, 2.24) is 10.6 Å². The van der Waals surface area contributed by atoms with Crippen LogP contribution in [-0.2, 0) is 22.1 Å². The predicted molar refractivity (Wildman–Crippen MR) is 121 cm³/mol. The van der Waals surface area contributed by atoms with Gasteiger partial charge in [-0.15, -0.1) is 0 Å². The maximum absolute atomic E-state index is 12.3. The van der Waals surface area contributed by atoms with Crippen LogP contribution >= 0.6 is 0 Å². The number of nitrogens with one attached hydrogen (secondary N) is 2. The topological polar surface area (TPSA) is 89.0 Å². The van der Waals surface area contributed by atoms with Crippen LogP contribution in [0.3, 0.4) is 0 Å². The summed E-state index contributed by atoms with van der Waals surface area (Å²) >= 11 is 0. The highest BCUT2D eigenvalue weighted by Crippen LogP contribution is 2.27. The van der Waals surface area contributed by atoms with Crippen molar-refractivity contribution in [3.8, 4) is 11.5 Å². The third kappa shape index (κ3) is 7.94. The van der Waals surface area contributed by atoms with Crippen molar-refractivity contribution in [3.05, 3.63) is 59.7 Å². The Bertz CT molecular complexity index is 915. The van der Waals surface area contributed by atoms with E-state index in [1.807, 2.05) is 55.5 Å². The molecular weight excluding hydrogens is 402 g/mol. The zero-order valence-corrected chi connectivity index (χ0v) is 18.7. The number of aliphatic imine (C=N–C) groups is 1. The van der Waals surface area contributed by atoms with Crippen LogP contribution in [0.2, 0.25) is 0 Å². The lowest BCUT2D eigenvalue weighted by atomic mass is 10.2. The molecule has 0 unspecified atom stereocenters. The van der Waals surface area contributed by atoms with Crippen molar-refractivity contribution in [3.63, 3.8) is 0 Å². The summed E-state index contributed by atoms with van der Waals surface area (Å²) in [6.07, 6.45) is 0.510. The Morgan fingerprint density at radius 2 is 1.70 bits per heavy atom. The minimum atomic E-state index is -3.14. The molecule has 2 aromatic carbocycles. The second kappa shape index (κ2) is 12.1. The summed E-state index contributed by atoms with van der Waals surface area (Å²) in [5.41, 5.74) is 1.80. The molecule has 30 heavy (non-hydrogen) atoms. The molecular formula is C22H31N3O4S. The van der Waals surface area contributed by atoms with Crippen molar-refractivity contribution >= 4 is 15.8 Å². The molecule has 0 heterocycles. The van der Waals surface area contributed by atoms with E-state index in [1.165, 1.54) is 0 Å². The Balaban J connectivity index is 1.86. The first kappa shape index (κ1) is 23.5. The van der Waals surface area contributed by atoms with E-state index in [9.17, 15) is 8.42 Å². The predicted octanol–water partition coefficient (Wildman–Crippen LogP) is 2.76. The van der Waals surface area contributed by atoms with Gasteiger partial charge in [-0.25, -0.2) is 13.4 Å². The first-order valence-electron chi connectivity index (χ1n) is 9.95. The van der Waals surface area contributed by atoms with E-state index in [4.69, 9.17) is 9.47 Å². The maximum atomic E-state index is 12.3. The van der Waals surface area contributed by atoms with E-state index >= 15 is 0 Å². The van der Waals surface area contributed by atoms with Crippen LogP contribution in [0, 0.1) is 0 Å². The first-order valence-corrected chi connectivity index (χ1v) is 11.8. The molecule has 7 nitrogen and oxygen atoms in total. The fourth-order valence-electron chi connectivity index (χ4n) is 2.89. The average Bonchev–Trinajstić information content (AvgIpc) is 2.75. The Morgan fingerprint density at radius 1 is 0.967 bits per heavy atom. The van der Waals surface area contributed by atoms with E-state index in [2.05, 4.69) is 15.6 Å². The van der Waals surface area contributed by atoms with Gasteiger partial charge in [-0.05, 0) is 36.6 Å². The van der Waals surface area contributed by atoms with Crippen molar-refractivity contribution in [2.75, 3.05) is 33.1 Å². The molecule has 0 saturated heterocycles. The summed E-state index contributed by atoms with van der Waals surface area (Å²) in [5.74, 6) is 2.18. The fraction of sp³-hybridized carbons (Fsp3) is 0.409. The number of nitrogens with zero attached hydrogens (tertiary/aromatic N) is 1. The molecule has 164 valence electrons. The van der Waals surface area contributed by atoms with Crippen molar-refractivity contribution in [2.24, 2.45) is 4.99 Å². The Kier molecular flexibility index (Phi) is 9.47. The molecule has 0 aliphatic carbocycles. The van der Waals surface area contributed by atoms with Gasteiger partial charge in [-0.2, -0.15) is 0 Å². The van der Waals surface area contributed by atoms with Crippen molar-refractivity contribution in [1.29, 1.82) is 0 Å². The van der Waals surface area contributed by atoms with Gasteiger partial charge in [0.1, 0.15) is 0 Å². The van der Waals surface area contributed by atoms with Gasteiger partial charge in [0.2, 0.25) is 0 Å². The van der Waals surface area contributed by atoms with Gasteiger partial charge < -0.3 is 20.1 Å². The van der Waals surface area contributed by atoms with Gasteiger partial charge in [0.15, 0.2) is 27.3 Å². The molecule has 0 amide bonds. The zero-order chi connectivity index (χ0) is 21.8. The maximum Gasteiger partial charge on any atom is 0.191 e. The highest BCUT2D eigenvalue weighted by Gasteiger charge is 2.11. The third-order valence-electron chi connectivity index (χ3n) is 4.37. The van der Waals surface area contributed by atoms with Crippen LogP contribution in [-0.4, -0.2) is 47.4 Å². The van der Waals surface area contributed by atoms with Crippen LogP contribution < -0.4 is 20.1 Å². The number of methoxy groups -OCH3 is 2. The van der Waals surface area contributed by atoms with Crippen LogP contribution in [0.1, 0.15) is 24.5 Å². The largest absolute Gasteiger partial charge is 0.493 e. The van der Waals surface area contributed by atoms with Crippen LogP contribution in [0.25, 0.3) is 0 Å². The number of rotatable bonds is 11. The number of guanidine groups is 1. The minimum Gasteiger partial charge on any atom is -0.493 e. The summed E-state index contributed by atoms with van der Waals surface area (Å²) in [6, 6.07) is 14.9. The van der Waals surface area contributed by atoms with E-state index in [-0.39, 0.29) is 11.5 Å². The SMILES string of the molecule is CCNC(=NCc1ccc(OC)c(OC)c1)NCCCS(=O)(=O)Cc1ccccc1. The lowest BCUT2D eigenvalue weighted by Gasteiger charge is -2.12. The number of sulfone groups is 1. The standard InChI is InChI=1S/C22H31N3O4S/c1-4-23-22(25-16-19-11-12-20(28-2)21(15-19)29-3)24-13-8-14-30(26,27)17-18-9-6-5-7-10-18/h5-7,9-12,15H,4,8,13-14,16-17H2,1-3H3,(H2,23,24,25). The molecule has 0 spiro atoms. The Labute approximate surface area is 179 Å². The second-order valence-corrected chi connectivity index (χ2v) is 8.93. The molecule has 0 aliphatic heterocycles. The average molecular weight is 434 g/mol. The van der Waals surface area contributed by atoms with E-state index in [0.29, 0.717) is 43.5 Å². The molecule has 0 bridgehead atoms. The van der Waals surface area contributed by atoms with Gasteiger partial charge in [-0.1, -0.05) is 36.4 Å². The van der Waals surface area contributed by atoms with E-state index < -0.39 is 9.84 Å². The quantitative estimate of drug-likeness (QED) is 0.322. The van der Waals surface area contributed by atoms with Gasteiger partial charge in [-0.3, -0.25) is 0 Å². The van der Waals surface area contributed by atoms with Gasteiger partial charge >= 0.3 is 0 Å². The van der Waals surface area contributed by atoms with Crippen LogP contribution in [0.5, 0.6) is 11.5 Å². The molecule has 8 heteroatoms. The third-order valence-corrected chi connectivity index (χ3v) is 6.05. The molecule has 0 saturated carbocycles. The van der Waals surface area contributed by atoms with Crippen LogP contribution in [0.15, 0.2) is 53.5 Å². The van der Waals surface area contributed by atoms with Gasteiger partial charge in [0.25, 0.3) is 0 Å². The number of benzene rings is 2. The molecule has 0 aromatic heterocycles. The lowest BCUT2D eigenvalue weighted by molar-refractivity contribution is 0.354. The second-order valence-electron chi connectivity index (χ2n) is 6.74. The Morgan fingerprint density at radius 3 is 2.37 bits per heavy atom. The highest BCUT2D eigenvalue weighted by molar-refractivity contribution is 7.90. The fourth-order valence-corrected chi connectivity index (χ4v) is 4.32. The number of hydrogen-bond acceptors (Lipinski definition) is 5. The summed E-state index contributed by atoms with van der Waals surface area (Å²) in [6.45, 7) is 3.68. The molecule has 0 aliphatic rings. The Hall–Kier alpha value is -2.74.